The molecule has 1 aromatic rings. The van der Waals surface area contributed by atoms with Crippen LogP contribution in [-0.4, -0.2) is 73.3 Å². The number of morpholine rings is 1. The van der Waals surface area contributed by atoms with Gasteiger partial charge in [-0.1, -0.05) is 0 Å². The number of hydrogen-bond acceptors (Lipinski definition) is 6. The van der Waals surface area contributed by atoms with Gasteiger partial charge in [-0.05, 0) is 39.8 Å². The predicted octanol–water partition coefficient (Wildman–Crippen LogP) is 1.33. The zero-order valence-electron chi connectivity index (χ0n) is 16.0. The Morgan fingerprint density at radius 1 is 1.23 bits per heavy atom. The number of likely N-dealkylation sites (tertiary alicyclic amines) is 1. The number of carbonyl (C=O) groups excluding carboxylic acids is 1. The van der Waals surface area contributed by atoms with Gasteiger partial charge in [0.1, 0.15) is 11.6 Å². The second kappa shape index (κ2) is 9.28. The van der Waals surface area contributed by atoms with Crippen molar-refractivity contribution >= 4 is 11.7 Å². The molecule has 0 unspecified atom stereocenters. The molecule has 0 aromatic carbocycles. The highest BCUT2D eigenvalue weighted by Crippen LogP contribution is 2.29. The summed E-state index contributed by atoms with van der Waals surface area (Å²) in [7, 11) is 0. The molecule has 0 saturated carbocycles. The molecule has 0 radical (unpaired) electrons. The molecule has 2 fully saturated rings. The number of nitrogens with zero attached hydrogens (tertiary/aromatic N) is 4. The van der Waals surface area contributed by atoms with Crippen molar-refractivity contribution in [3.8, 4) is 0 Å². The van der Waals surface area contributed by atoms with E-state index >= 15 is 0 Å². The molecule has 7 nitrogen and oxygen atoms in total. The number of carbonyl (C=O) groups is 1. The van der Waals surface area contributed by atoms with Gasteiger partial charge in [-0.25, -0.2) is 9.97 Å². The summed E-state index contributed by atoms with van der Waals surface area (Å²) in [4.78, 5) is 25.7. The molecule has 0 bridgehead atoms. The topological polar surface area (TPSA) is 70.6 Å². The molecule has 2 saturated heterocycles. The summed E-state index contributed by atoms with van der Waals surface area (Å²) < 4.78 is 5.45. The van der Waals surface area contributed by atoms with Crippen LogP contribution in [0.1, 0.15) is 43.6 Å². The number of amides is 1. The number of rotatable bonds is 6. The minimum atomic E-state index is 0.149. The van der Waals surface area contributed by atoms with E-state index in [-0.39, 0.29) is 5.91 Å². The van der Waals surface area contributed by atoms with Crippen LogP contribution in [0.4, 0.5) is 5.82 Å². The average Bonchev–Trinajstić information content (AvgIpc) is 2.67. The van der Waals surface area contributed by atoms with Crippen molar-refractivity contribution in [3.05, 3.63) is 17.6 Å². The van der Waals surface area contributed by atoms with Crippen molar-refractivity contribution in [1.82, 2.24) is 20.2 Å². The van der Waals surface area contributed by atoms with Gasteiger partial charge in [0, 0.05) is 50.3 Å². The highest BCUT2D eigenvalue weighted by molar-refractivity contribution is 5.75. The van der Waals surface area contributed by atoms with Crippen LogP contribution in [0.25, 0.3) is 0 Å². The quantitative estimate of drug-likeness (QED) is 0.824. The molecule has 0 aliphatic carbocycles. The number of piperidine rings is 1. The summed E-state index contributed by atoms with van der Waals surface area (Å²) in [6.07, 6.45) is 2.77. The van der Waals surface area contributed by atoms with E-state index in [2.05, 4.69) is 26.2 Å². The molecule has 0 spiro atoms. The minimum absolute atomic E-state index is 0.149. The summed E-state index contributed by atoms with van der Waals surface area (Å²) in [5, 5.41) is 2.87. The summed E-state index contributed by atoms with van der Waals surface area (Å²) in [6.45, 7) is 10.9. The van der Waals surface area contributed by atoms with E-state index in [1.807, 2.05) is 13.8 Å². The van der Waals surface area contributed by atoms with Gasteiger partial charge in [-0.3, -0.25) is 4.79 Å². The monoisotopic (exact) mass is 361 g/mol. The van der Waals surface area contributed by atoms with Gasteiger partial charge in [-0.2, -0.15) is 0 Å². The Labute approximate surface area is 156 Å². The summed E-state index contributed by atoms with van der Waals surface area (Å²) in [5.74, 6) is 2.52. The Balaban J connectivity index is 1.55. The SMILES string of the molecule is CCNC(=O)CCN1CCC(c2cc(N3CCOCC3)nc(C)n2)CC1. The number of nitrogens with one attached hydrogen (secondary N) is 1. The fourth-order valence-corrected chi connectivity index (χ4v) is 3.74. The fraction of sp³-hybridized carbons (Fsp3) is 0.737. The lowest BCUT2D eigenvalue weighted by molar-refractivity contribution is -0.121. The Hall–Kier alpha value is -1.73. The van der Waals surface area contributed by atoms with E-state index in [4.69, 9.17) is 9.72 Å². The Bertz CT molecular complexity index is 596. The number of aromatic nitrogens is 2. The predicted molar refractivity (Wildman–Crippen MR) is 102 cm³/mol. The Morgan fingerprint density at radius 3 is 2.65 bits per heavy atom. The Kier molecular flexibility index (Phi) is 6.80. The summed E-state index contributed by atoms with van der Waals surface area (Å²) in [6, 6.07) is 2.17. The van der Waals surface area contributed by atoms with Crippen LogP contribution in [0.15, 0.2) is 6.07 Å². The molecule has 3 heterocycles. The van der Waals surface area contributed by atoms with Crippen molar-refractivity contribution < 1.29 is 9.53 Å². The average molecular weight is 361 g/mol. The molecule has 2 aliphatic heterocycles. The molecule has 1 amide bonds. The van der Waals surface area contributed by atoms with Crippen LogP contribution in [0.5, 0.6) is 0 Å². The first kappa shape index (κ1) is 19.0. The van der Waals surface area contributed by atoms with Gasteiger partial charge >= 0.3 is 0 Å². The number of hydrogen-bond donors (Lipinski definition) is 1. The van der Waals surface area contributed by atoms with Gasteiger partial charge < -0.3 is 19.9 Å². The van der Waals surface area contributed by atoms with E-state index in [0.29, 0.717) is 18.9 Å². The first-order chi connectivity index (χ1) is 12.7. The van der Waals surface area contributed by atoms with Crippen LogP contribution >= 0.6 is 0 Å². The highest BCUT2D eigenvalue weighted by atomic mass is 16.5. The third kappa shape index (κ3) is 5.14. The minimum Gasteiger partial charge on any atom is -0.378 e. The molecule has 7 heteroatoms. The van der Waals surface area contributed by atoms with E-state index in [1.54, 1.807) is 0 Å². The lowest BCUT2D eigenvalue weighted by Gasteiger charge is -2.32. The molecule has 2 aliphatic rings. The van der Waals surface area contributed by atoms with Crippen LogP contribution in [-0.2, 0) is 9.53 Å². The van der Waals surface area contributed by atoms with Crippen molar-refractivity contribution in [3.63, 3.8) is 0 Å². The molecule has 26 heavy (non-hydrogen) atoms. The van der Waals surface area contributed by atoms with Crippen LogP contribution < -0.4 is 10.2 Å². The van der Waals surface area contributed by atoms with E-state index in [1.165, 1.54) is 5.69 Å². The Morgan fingerprint density at radius 2 is 1.96 bits per heavy atom. The van der Waals surface area contributed by atoms with Crippen LogP contribution in [0, 0.1) is 6.92 Å². The second-order valence-corrected chi connectivity index (χ2v) is 7.12. The summed E-state index contributed by atoms with van der Waals surface area (Å²) >= 11 is 0. The van der Waals surface area contributed by atoms with Crippen molar-refractivity contribution in [2.24, 2.45) is 0 Å². The van der Waals surface area contributed by atoms with Crippen LogP contribution in [0.3, 0.4) is 0 Å². The molecule has 1 N–H and O–H groups in total. The van der Waals surface area contributed by atoms with Gasteiger partial charge in [0.25, 0.3) is 0 Å². The molecular formula is C19H31N5O2. The maximum absolute atomic E-state index is 11.6. The van der Waals surface area contributed by atoms with E-state index in [0.717, 1.165) is 70.4 Å². The van der Waals surface area contributed by atoms with Gasteiger partial charge in [0.15, 0.2) is 0 Å². The molecule has 3 rings (SSSR count). The zero-order chi connectivity index (χ0) is 18.4. The third-order valence-electron chi connectivity index (χ3n) is 5.21. The van der Waals surface area contributed by atoms with E-state index in [9.17, 15) is 4.79 Å². The lowest BCUT2D eigenvalue weighted by Crippen LogP contribution is -2.37. The molecule has 144 valence electrons. The largest absolute Gasteiger partial charge is 0.378 e. The first-order valence-electron chi connectivity index (χ1n) is 9.83. The van der Waals surface area contributed by atoms with Crippen molar-refractivity contribution in [2.75, 3.05) is 57.4 Å². The highest BCUT2D eigenvalue weighted by Gasteiger charge is 2.23. The first-order valence-corrected chi connectivity index (χ1v) is 9.83. The maximum Gasteiger partial charge on any atom is 0.221 e. The maximum atomic E-state index is 11.6. The molecular weight excluding hydrogens is 330 g/mol. The number of aryl methyl sites for hydroxylation is 1. The van der Waals surface area contributed by atoms with E-state index < -0.39 is 0 Å². The van der Waals surface area contributed by atoms with Crippen molar-refractivity contribution in [2.45, 2.75) is 39.0 Å². The lowest BCUT2D eigenvalue weighted by atomic mass is 9.93. The molecule has 0 atom stereocenters. The smallest absolute Gasteiger partial charge is 0.221 e. The fourth-order valence-electron chi connectivity index (χ4n) is 3.74. The van der Waals surface area contributed by atoms with Gasteiger partial charge in [0.05, 0.1) is 13.2 Å². The number of anilines is 1. The molecule has 1 aromatic heterocycles. The van der Waals surface area contributed by atoms with Gasteiger partial charge in [-0.15, -0.1) is 0 Å². The summed E-state index contributed by atoms with van der Waals surface area (Å²) in [5.41, 5.74) is 1.17. The normalized spacial score (nSPS) is 19.5. The van der Waals surface area contributed by atoms with Crippen molar-refractivity contribution in [1.29, 1.82) is 0 Å². The standard InChI is InChI=1S/C19H31N5O2/c1-3-20-19(25)6-9-23-7-4-16(5-8-23)17-14-18(22-15(2)21-17)24-10-12-26-13-11-24/h14,16H,3-13H2,1-2H3,(H,20,25). The zero-order valence-corrected chi connectivity index (χ0v) is 16.0. The van der Waals surface area contributed by atoms with Crippen LogP contribution in [0.2, 0.25) is 0 Å². The number of ether oxygens (including phenoxy) is 1. The van der Waals surface area contributed by atoms with Gasteiger partial charge in [0.2, 0.25) is 5.91 Å². The second-order valence-electron chi connectivity index (χ2n) is 7.12. The third-order valence-corrected chi connectivity index (χ3v) is 5.21.